The summed E-state index contributed by atoms with van der Waals surface area (Å²) >= 11 is 0. The van der Waals surface area contributed by atoms with E-state index in [9.17, 15) is 16.8 Å². The molecular weight excluding hydrogens is 376 g/mol. The van der Waals surface area contributed by atoms with Crippen molar-refractivity contribution in [2.45, 2.75) is 37.6 Å². The molecule has 1 aromatic heterocycles. The molecule has 1 heterocycles. The summed E-state index contributed by atoms with van der Waals surface area (Å²) in [5, 5.41) is -0.119. The number of imidazole rings is 1. The number of aryl methyl sites for hydroxylation is 3. The molecule has 0 fully saturated rings. The highest BCUT2D eigenvalue weighted by molar-refractivity contribution is 7.92. The van der Waals surface area contributed by atoms with Gasteiger partial charge in [-0.3, -0.25) is 4.72 Å². The highest BCUT2D eigenvalue weighted by Crippen LogP contribution is 2.25. The van der Waals surface area contributed by atoms with Gasteiger partial charge in [0.1, 0.15) is 5.82 Å². The maximum absolute atomic E-state index is 12.8. The number of sulfonamides is 2. The fourth-order valence-electron chi connectivity index (χ4n) is 2.51. The summed E-state index contributed by atoms with van der Waals surface area (Å²) in [6, 6.07) is 4.46. The fourth-order valence-corrected chi connectivity index (χ4v) is 5.31. The summed E-state index contributed by atoms with van der Waals surface area (Å²) in [7, 11) is -5.91. The Morgan fingerprint density at radius 1 is 1.12 bits per heavy atom. The Balaban J connectivity index is 2.44. The van der Waals surface area contributed by atoms with Crippen LogP contribution in [0.25, 0.3) is 0 Å². The first-order valence-electron chi connectivity index (χ1n) is 8.16. The van der Waals surface area contributed by atoms with Gasteiger partial charge in [-0.25, -0.2) is 13.4 Å². The van der Waals surface area contributed by atoms with E-state index in [0.29, 0.717) is 24.5 Å². The minimum atomic E-state index is -3.91. The van der Waals surface area contributed by atoms with Crippen molar-refractivity contribution in [1.82, 2.24) is 13.9 Å². The van der Waals surface area contributed by atoms with Crippen molar-refractivity contribution in [2.75, 3.05) is 17.8 Å². The van der Waals surface area contributed by atoms with Gasteiger partial charge >= 0.3 is 0 Å². The van der Waals surface area contributed by atoms with Crippen molar-refractivity contribution >= 4 is 25.7 Å². The maximum Gasteiger partial charge on any atom is 0.280 e. The van der Waals surface area contributed by atoms with Crippen LogP contribution >= 0.6 is 0 Å². The Bertz CT molecular complexity index is 987. The minimum absolute atomic E-state index is 0.0820. The van der Waals surface area contributed by atoms with Crippen LogP contribution in [0.2, 0.25) is 0 Å². The summed E-state index contributed by atoms with van der Waals surface area (Å²) in [6.45, 7) is 7.55. The van der Waals surface area contributed by atoms with Gasteiger partial charge < -0.3 is 4.57 Å². The van der Waals surface area contributed by atoms with Crippen LogP contribution < -0.4 is 4.72 Å². The van der Waals surface area contributed by atoms with Crippen molar-refractivity contribution in [2.24, 2.45) is 7.05 Å². The van der Waals surface area contributed by atoms with Gasteiger partial charge in [-0.15, -0.1) is 0 Å². The zero-order valence-electron chi connectivity index (χ0n) is 15.5. The van der Waals surface area contributed by atoms with Gasteiger partial charge in [-0.05, 0) is 31.5 Å². The number of hydrogen-bond acceptors (Lipinski definition) is 5. The molecule has 0 radical (unpaired) electrons. The van der Waals surface area contributed by atoms with Crippen molar-refractivity contribution < 1.29 is 16.8 Å². The molecule has 0 bridgehead atoms. The predicted molar refractivity (Wildman–Crippen MR) is 100 cm³/mol. The number of benzene rings is 1. The van der Waals surface area contributed by atoms with Gasteiger partial charge in [0, 0.05) is 26.3 Å². The van der Waals surface area contributed by atoms with E-state index in [4.69, 9.17) is 0 Å². The van der Waals surface area contributed by atoms with Gasteiger partial charge in [0.15, 0.2) is 5.03 Å². The first-order chi connectivity index (χ1) is 12.0. The average Bonchev–Trinajstić information content (AvgIpc) is 2.90. The van der Waals surface area contributed by atoms with Crippen LogP contribution in [0.5, 0.6) is 0 Å². The second-order valence-corrected chi connectivity index (χ2v) is 9.45. The van der Waals surface area contributed by atoms with Gasteiger partial charge in [0.2, 0.25) is 10.0 Å². The number of aromatic nitrogens is 2. The molecule has 2 rings (SSSR count). The molecule has 144 valence electrons. The molecule has 0 amide bonds. The molecule has 8 nitrogen and oxygen atoms in total. The second kappa shape index (κ2) is 7.37. The van der Waals surface area contributed by atoms with Crippen LogP contribution in [0.3, 0.4) is 0 Å². The van der Waals surface area contributed by atoms with E-state index in [1.165, 1.54) is 22.6 Å². The van der Waals surface area contributed by atoms with E-state index >= 15 is 0 Å². The van der Waals surface area contributed by atoms with Crippen LogP contribution in [0, 0.1) is 13.8 Å². The zero-order valence-corrected chi connectivity index (χ0v) is 17.1. The van der Waals surface area contributed by atoms with Crippen LogP contribution in [0.15, 0.2) is 34.3 Å². The average molecular weight is 401 g/mol. The molecule has 0 aliphatic heterocycles. The Kier molecular flexibility index (Phi) is 5.79. The summed E-state index contributed by atoms with van der Waals surface area (Å²) in [5.74, 6) is 0.555. The van der Waals surface area contributed by atoms with Gasteiger partial charge in [0.05, 0.1) is 10.6 Å². The van der Waals surface area contributed by atoms with Crippen LogP contribution in [-0.4, -0.2) is 43.8 Å². The van der Waals surface area contributed by atoms with Crippen LogP contribution in [0.4, 0.5) is 5.69 Å². The largest absolute Gasteiger partial charge is 0.337 e. The lowest BCUT2D eigenvalue weighted by Crippen LogP contribution is -2.31. The van der Waals surface area contributed by atoms with E-state index in [2.05, 4.69) is 9.71 Å². The Morgan fingerprint density at radius 2 is 1.73 bits per heavy atom. The first-order valence-corrected chi connectivity index (χ1v) is 11.1. The molecular formula is C16H24N4O4S2. The lowest BCUT2D eigenvalue weighted by Gasteiger charge is -2.20. The summed E-state index contributed by atoms with van der Waals surface area (Å²) in [4.78, 5) is 4.09. The van der Waals surface area contributed by atoms with Crippen molar-refractivity contribution in [3.63, 3.8) is 0 Å². The van der Waals surface area contributed by atoms with Gasteiger partial charge in [-0.1, -0.05) is 19.9 Å². The molecule has 0 unspecified atom stereocenters. The molecule has 0 saturated carbocycles. The van der Waals surface area contributed by atoms with Crippen molar-refractivity contribution in [1.29, 1.82) is 0 Å². The highest BCUT2D eigenvalue weighted by Gasteiger charge is 2.25. The van der Waals surface area contributed by atoms with Gasteiger partial charge in [0.25, 0.3) is 10.0 Å². The third kappa shape index (κ3) is 3.92. The summed E-state index contributed by atoms with van der Waals surface area (Å²) in [5.41, 5.74) is 0.721. The molecule has 1 aromatic carbocycles. The molecule has 0 aliphatic carbocycles. The molecule has 1 N–H and O–H groups in total. The topological polar surface area (TPSA) is 101 Å². The molecule has 0 spiro atoms. The molecule has 2 aromatic rings. The third-order valence-electron chi connectivity index (χ3n) is 4.13. The normalized spacial score (nSPS) is 12.5. The third-order valence-corrected chi connectivity index (χ3v) is 7.57. The molecule has 0 atom stereocenters. The Morgan fingerprint density at radius 3 is 2.23 bits per heavy atom. The van der Waals surface area contributed by atoms with Gasteiger partial charge in [-0.2, -0.15) is 12.7 Å². The second-order valence-electron chi connectivity index (χ2n) is 5.91. The minimum Gasteiger partial charge on any atom is -0.337 e. The highest BCUT2D eigenvalue weighted by atomic mass is 32.2. The quantitative estimate of drug-likeness (QED) is 0.764. The van der Waals surface area contributed by atoms with E-state index in [0.717, 1.165) is 0 Å². The van der Waals surface area contributed by atoms with E-state index in [-0.39, 0.29) is 15.6 Å². The van der Waals surface area contributed by atoms with E-state index in [1.807, 2.05) is 0 Å². The van der Waals surface area contributed by atoms with Crippen molar-refractivity contribution in [3.05, 3.63) is 35.8 Å². The zero-order chi connectivity index (χ0) is 19.7. The number of anilines is 1. The summed E-state index contributed by atoms with van der Waals surface area (Å²) in [6.07, 6.45) is 1.40. The predicted octanol–water partition coefficient (Wildman–Crippen LogP) is 1.87. The van der Waals surface area contributed by atoms with E-state index in [1.54, 1.807) is 45.4 Å². The SMILES string of the molecule is CCN(CC)S(=O)(=O)c1cc(NS(=O)(=O)c2cn(C)c(C)n2)ccc1C. The molecule has 10 heteroatoms. The van der Waals surface area contributed by atoms with Crippen LogP contribution in [-0.2, 0) is 27.1 Å². The number of rotatable bonds is 7. The first kappa shape index (κ1) is 20.4. The standard InChI is InChI=1S/C16H24N4O4S2/c1-6-20(7-2)26(23,24)15-10-14(9-8-12(15)3)18-25(21,22)16-11-19(5)13(4)17-16/h8-11,18H,6-7H2,1-5H3. The van der Waals surface area contributed by atoms with Crippen LogP contribution in [0.1, 0.15) is 25.2 Å². The smallest absolute Gasteiger partial charge is 0.280 e. The molecule has 0 saturated heterocycles. The maximum atomic E-state index is 12.8. The molecule has 26 heavy (non-hydrogen) atoms. The Labute approximate surface area is 155 Å². The number of nitrogens with zero attached hydrogens (tertiary/aromatic N) is 3. The van der Waals surface area contributed by atoms with E-state index < -0.39 is 20.0 Å². The fraction of sp³-hybridized carbons (Fsp3) is 0.438. The molecule has 0 aliphatic rings. The number of nitrogens with one attached hydrogen (secondary N) is 1. The monoisotopic (exact) mass is 400 g/mol. The lowest BCUT2D eigenvalue weighted by atomic mass is 10.2. The lowest BCUT2D eigenvalue weighted by molar-refractivity contribution is 0.445. The summed E-state index contributed by atoms with van der Waals surface area (Å²) < 4.78 is 55.9. The Hall–Kier alpha value is -1.91. The number of hydrogen-bond donors (Lipinski definition) is 1. The van der Waals surface area contributed by atoms with Crippen molar-refractivity contribution in [3.8, 4) is 0 Å².